The van der Waals surface area contributed by atoms with Gasteiger partial charge in [-0.1, -0.05) is 0 Å². The summed E-state index contributed by atoms with van der Waals surface area (Å²) in [5.74, 6) is 0. The van der Waals surface area contributed by atoms with E-state index in [1.807, 2.05) is 4.90 Å². The molecule has 2 heterocycles. The van der Waals surface area contributed by atoms with E-state index in [1.165, 1.54) is 16.6 Å². The van der Waals surface area contributed by atoms with Gasteiger partial charge in [-0.25, -0.2) is 13.4 Å². The fourth-order valence-corrected chi connectivity index (χ4v) is 3.54. The van der Waals surface area contributed by atoms with Gasteiger partial charge in [0.25, 0.3) is 0 Å². The number of pyridine rings is 1. The van der Waals surface area contributed by atoms with E-state index in [1.54, 1.807) is 6.92 Å². The first kappa shape index (κ1) is 16.0. The van der Waals surface area contributed by atoms with Crippen LogP contribution in [0.25, 0.3) is 0 Å². The fraction of sp³-hybridized carbons (Fsp3) is 0.583. The van der Waals surface area contributed by atoms with Crippen LogP contribution in [0.5, 0.6) is 0 Å². The summed E-state index contributed by atoms with van der Waals surface area (Å²) in [5, 5.41) is 0. The number of hydrogen-bond acceptors (Lipinski definition) is 4. The molecule has 0 N–H and O–H groups in total. The summed E-state index contributed by atoms with van der Waals surface area (Å²) in [5.41, 5.74) is -0.378. The third-order valence-electron chi connectivity index (χ3n) is 3.40. The van der Waals surface area contributed by atoms with Crippen LogP contribution in [-0.4, -0.2) is 49.6 Å². The summed E-state index contributed by atoms with van der Waals surface area (Å²) in [4.78, 5) is 5.25. The summed E-state index contributed by atoms with van der Waals surface area (Å²) < 4.78 is 61.9. The minimum absolute atomic E-state index is 0.240. The smallest absolute Gasteiger partial charge is 0.367 e. The van der Waals surface area contributed by atoms with E-state index in [0.717, 1.165) is 12.3 Å². The molecule has 0 aromatic carbocycles. The Morgan fingerprint density at radius 2 is 1.95 bits per heavy atom. The molecule has 9 heteroatoms. The maximum absolute atomic E-state index is 12.5. The Hall–Kier alpha value is -1.35. The molecule has 1 aromatic heterocycles. The van der Waals surface area contributed by atoms with Crippen molar-refractivity contribution < 1.29 is 21.6 Å². The molecule has 0 unspecified atom stereocenters. The van der Waals surface area contributed by atoms with Crippen LogP contribution in [0.3, 0.4) is 0 Å². The van der Waals surface area contributed by atoms with Gasteiger partial charge in [0.05, 0.1) is 18.1 Å². The molecule has 5 nitrogen and oxygen atoms in total. The van der Waals surface area contributed by atoms with Crippen LogP contribution >= 0.6 is 0 Å². The highest BCUT2D eigenvalue weighted by Crippen LogP contribution is 2.29. The summed E-state index contributed by atoms with van der Waals surface area (Å²) >= 11 is 0. The van der Waals surface area contributed by atoms with Crippen molar-refractivity contribution in [1.82, 2.24) is 9.29 Å². The Balaban J connectivity index is 2.11. The van der Waals surface area contributed by atoms with E-state index < -0.39 is 21.9 Å². The molecule has 0 aliphatic carbocycles. The van der Waals surface area contributed by atoms with E-state index in [-0.39, 0.29) is 6.04 Å². The molecule has 1 atom stereocenters. The van der Waals surface area contributed by atoms with Crippen LogP contribution in [0.2, 0.25) is 0 Å². The number of anilines is 1. The minimum Gasteiger partial charge on any atom is -0.367 e. The monoisotopic (exact) mass is 323 g/mol. The molecule has 1 aliphatic rings. The van der Waals surface area contributed by atoms with E-state index in [2.05, 4.69) is 4.98 Å². The average Bonchev–Trinajstić information content (AvgIpc) is 2.36. The number of aromatic nitrogens is 1. The van der Waals surface area contributed by atoms with E-state index in [4.69, 9.17) is 0 Å². The SMILES string of the molecule is C[C@H]1CN(c2ccc(C(F)(F)F)nc2)CCN1S(C)(=O)=O. The molecule has 0 spiro atoms. The highest BCUT2D eigenvalue weighted by atomic mass is 32.2. The van der Waals surface area contributed by atoms with Crippen molar-refractivity contribution in [3.05, 3.63) is 24.0 Å². The second-order valence-corrected chi connectivity index (χ2v) is 7.00. The van der Waals surface area contributed by atoms with E-state index >= 15 is 0 Å². The number of piperazine rings is 1. The number of alkyl halides is 3. The Bertz CT molecular complexity index is 601. The summed E-state index contributed by atoms with van der Waals surface area (Å²) in [6.07, 6.45) is -2.13. The number of hydrogen-bond donors (Lipinski definition) is 0. The Labute approximate surface area is 121 Å². The van der Waals surface area contributed by atoms with Gasteiger partial charge in [-0.15, -0.1) is 0 Å². The van der Waals surface area contributed by atoms with Gasteiger partial charge < -0.3 is 4.90 Å². The third-order valence-corrected chi connectivity index (χ3v) is 4.79. The third kappa shape index (κ3) is 3.65. The van der Waals surface area contributed by atoms with E-state index in [9.17, 15) is 21.6 Å². The first-order chi connectivity index (χ1) is 9.59. The number of halogens is 3. The van der Waals surface area contributed by atoms with Gasteiger partial charge >= 0.3 is 6.18 Å². The highest BCUT2D eigenvalue weighted by Gasteiger charge is 2.33. The molecular weight excluding hydrogens is 307 g/mol. The van der Waals surface area contributed by atoms with Crippen molar-refractivity contribution in [2.45, 2.75) is 19.1 Å². The number of nitrogens with zero attached hydrogens (tertiary/aromatic N) is 3. The van der Waals surface area contributed by atoms with Crippen molar-refractivity contribution in [2.24, 2.45) is 0 Å². The van der Waals surface area contributed by atoms with Crippen LogP contribution in [-0.2, 0) is 16.2 Å². The molecule has 0 radical (unpaired) electrons. The van der Waals surface area contributed by atoms with Crippen LogP contribution in [0, 0.1) is 0 Å². The Morgan fingerprint density at radius 3 is 2.38 bits per heavy atom. The Kier molecular flexibility index (Phi) is 4.16. The van der Waals surface area contributed by atoms with Gasteiger partial charge in [0.15, 0.2) is 0 Å². The quantitative estimate of drug-likeness (QED) is 0.829. The predicted octanol–water partition coefficient (Wildman–Crippen LogP) is 1.57. The summed E-state index contributed by atoms with van der Waals surface area (Å²) in [7, 11) is -3.26. The van der Waals surface area contributed by atoms with Crippen LogP contribution < -0.4 is 4.90 Å². The van der Waals surface area contributed by atoms with Crippen molar-refractivity contribution >= 4 is 15.7 Å². The van der Waals surface area contributed by atoms with Gasteiger partial charge in [-0.2, -0.15) is 17.5 Å². The fourth-order valence-electron chi connectivity index (χ4n) is 2.41. The zero-order chi connectivity index (χ0) is 15.8. The largest absolute Gasteiger partial charge is 0.433 e. The van der Waals surface area contributed by atoms with Gasteiger partial charge in [0, 0.05) is 25.7 Å². The molecule has 2 rings (SSSR count). The van der Waals surface area contributed by atoms with Crippen molar-refractivity contribution in [1.29, 1.82) is 0 Å². The molecule has 0 amide bonds. The lowest BCUT2D eigenvalue weighted by molar-refractivity contribution is -0.141. The molecule has 1 aliphatic heterocycles. The van der Waals surface area contributed by atoms with Gasteiger partial charge in [0.1, 0.15) is 5.69 Å². The second kappa shape index (κ2) is 5.45. The molecule has 118 valence electrons. The lowest BCUT2D eigenvalue weighted by atomic mass is 10.2. The zero-order valence-corrected chi connectivity index (χ0v) is 12.4. The Morgan fingerprint density at radius 1 is 1.29 bits per heavy atom. The number of rotatable bonds is 2. The molecule has 0 bridgehead atoms. The minimum atomic E-state index is -4.46. The molecule has 1 fully saturated rings. The van der Waals surface area contributed by atoms with Crippen molar-refractivity contribution in [2.75, 3.05) is 30.8 Å². The highest BCUT2D eigenvalue weighted by molar-refractivity contribution is 7.88. The molecular formula is C12H16F3N3O2S. The zero-order valence-electron chi connectivity index (χ0n) is 11.6. The van der Waals surface area contributed by atoms with Gasteiger partial charge in [0.2, 0.25) is 10.0 Å². The van der Waals surface area contributed by atoms with Crippen molar-refractivity contribution in [3.63, 3.8) is 0 Å². The topological polar surface area (TPSA) is 53.5 Å². The molecule has 21 heavy (non-hydrogen) atoms. The maximum Gasteiger partial charge on any atom is 0.433 e. The molecule has 0 saturated carbocycles. The van der Waals surface area contributed by atoms with E-state index in [0.29, 0.717) is 25.3 Å². The first-order valence-electron chi connectivity index (χ1n) is 6.34. The van der Waals surface area contributed by atoms with Gasteiger partial charge in [-0.3, -0.25) is 0 Å². The molecule has 1 aromatic rings. The lowest BCUT2D eigenvalue weighted by Gasteiger charge is -2.39. The lowest BCUT2D eigenvalue weighted by Crippen LogP contribution is -2.53. The van der Waals surface area contributed by atoms with Gasteiger partial charge in [-0.05, 0) is 19.1 Å². The van der Waals surface area contributed by atoms with Crippen LogP contribution in [0.4, 0.5) is 18.9 Å². The summed E-state index contributed by atoms with van der Waals surface area (Å²) in [6.45, 7) is 2.91. The van der Waals surface area contributed by atoms with Crippen LogP contribution in [0.15, 0.2) is 18.3 Å². The summed E-state index contributed by atoms with van der Waals surface area (Å²) in [6, 6.07) is 2.05. The standard InChI is InChI=1S/C12H16F3N3O2S/c1-9-8-17(5-6-18(9)21(2,19)20)10-3-4-11(16-7-10)12(13,14)15/h3-4,7,9H,5-6,8H2,1-2H3/t9-/m0/s1. The second-order valence-electron chi connectivity index (χ2n) is 5.07. The average molecular weight is 323 g/mol. The van der Waals surface area contributed by atoms with Crippen LogP contribution in [0.1, 0.15) is 12.6 Å². The van der Waals surface area contributed by atoms with Crippen molar-refractivity contribution in [3.8, 4) is 0 Å². The maximum atomic E-state index is 12.5. The normalized spacial score (nSPS) is 21.6. The first-order valence-corrected chi connectivity index (χ1v) is 8.19. The number of sulfonamides is 1. The predicted molar refractivity (Wildman–Crippen MR) is 72.5 cm³/mol. The molecule has 1 saturated heterocycles.